The van der Waals surface area contributed by atoms with E-state index in [1.54, 1.807) is 23.2 Å². The molecule has 0 bridgehead atoms. The number of carbonyl (C=O) groups is 1. The van der Waals surface area contributed by atoms with Crippen molar-refractivity contribution in [3.8, 4) is 11.6 Å². The molecule has 0 N–H and O–H groups in total. The number of amides is 1. The fourth-order valence-electron chi connectivity index (χ4n) is 4.79. The predicted molar refractivity (Wildman–Crippen MR) is 137 cm³/mol. The highest BCUT2D eigenvalue weighted by Gasteiger charge is 2.33. The van der Waals surface area contributed by atoms with Crippen LogP contribution in [0.1, 0.15) is 69.6 Å². The van der Waals surface area contributed by atoms with Gasteiger partial charge >= 0.3 is 6.09 Å². The van der Waals surface area contributed by atoms with Gasteiger partial charge in [-0.25, -0.2) is 9.78 Å². The SMILES string of the molecule is CC(C)(C)OC(=O)N1Cc2cc(Cl)ccc2-n2c(nnc2C2CCC(Oc3ccc(Cl)cn3)CC2)C1. The maximum atomic E-state index is 13.0. The first-order chi connectivity index (χ1) is 17.2. The van der Waals surface area contributed by atoms with Crippen LogP contribution >= 0.6 is 23.2 Å². The van der Waals surface area contributed by atoms with Gasteiger partial charge in [-0.2, -0.15) is 0 Å². The Bertz CT molecular complexity index is 1250. The number of halogens is 2. The number of nitrogens with zero attached hydrogens (tertiary/aromatic N) is 5. The number of rotatable bonds is 3. The van der Waals surface area contributed by atoms with Gasteiger partial charge in [-0.15, -0.1) is 10.2 Å². The Hall–Kier alpha value is -2.84. The summed E-state index contributed by atoms with van der Waals surface area (Å²) >= 11 is 12.3. The Morgan fingerprint density at radius 1 is 1.00 bits per heavy atom. The van der Waals surface area contributed by atoms with Crippen LogP contribution in [0.3, 0.4) is 0 Å². The van der Waals surface area contributed by atoms with Crippen LogP contribution in [0.2, 0.25) is 10.0 Å². The summed E-state index contributed by atoms with van der Waals surface area (Å²) in [6, 6.07) is 9.32. The average Bonchev–Trinajstić information content (AvgIpc) is 3.15. The second-order valence-electron chi connectivity index (χ2n) is 10.3. The van der Waals surface area contributed by atoms with Gasteiger partial charge in [0.25, 0.3) is 0 Å². The molecule has 0 radical (unpaired) electrons. The minimum atomic E-state index is -0.596. The van der Waals surface area contributed by atoms with Gasteiger partial charge in [0.2, 0.25) is 5.88 Å². The number of benzene rings is 1. The third-order valence-corrected chi connectivity index (χ3v) is 6.87. The van der Waals surface area contributed by atoms with E-state index in [0.717, 1.165) is 42.8 Å². The molecule has 1 fully saturated rings. The molecule has 3 aromatic rings. The molecular formula is C26H29Cl2N5O3. The molecule has 2 aromatic heterocycles. The summed E-state index contributed by atoms with van der Waals surface area (Å²) in [5.74, 6) is 2.43. The van der Waals surface area contributed by atoms with Crippen molar-refractivity contribution >= 4 is 29.3 Å². The summed E-state index contributed by atoms with van der Waals surface area (Å²) in [6.45, 7) is 6.25. The van der Waals surface area contributed by atoms with Crippen molar-refractivity contribution in [3.05, 3.63) is 63.8 Å². The van der Waals surface area contributed by atoms with Gasteiger partial charge in [0.1, 0.15) is 17.5 Å². The molecule has 190 valence electrons. The number of carbonyl (C=O) groups excluding carboxylic acids is 1. The summed E-state index contributed by atoms with van der Waals surface area (Å²) in [5, 5.41) is 10.3. The molecule has 0 saturated heterocycles. The van der Waals surface area contributed by atoms with E-state index in [1.807, 2.05) is 39.0 Å². The van der Waals surface area contributed by atoms with Gasteiger partial charge in [0.05, 0.1) is 23.8 Å². The Morgan fingerprint density at radius 3 is 2.44 bits per heavy atom. The van der Waals surface area contributed by atoms with Crippen molar-refractivity contribution in [1.82, 2.24) is 24.6 Å². The molecule has 3 heterocycles. The van der Waals surface area contributed by atoms with Crippen LogP contribution in [0, 0.1) is 0 Å². The third kappa shape index (κ3) is 5.44. The maximum absolute atomic E-state index is 13.0. The van der Waals surface area contributed by atoms with E-state index < -0.39 is 5.60 Å². The second-order valence-corrected chi connectivity index (χ2v) is 11.2. The molecule has 1 saturated carbocycles. The molecule has 2 aliphatic rings. The van der Waals surface area contributed by atoms with E-state index in [4.69, 9.17) is 32.7 Å². The molecule has 1 aliphatic heterocycles. The van der Waals surface area contributed by atoms with Crippen molar-refractivity contribution in [2.75, 3.05) is 0 Å². The second kappa shape index (κ2) is 9.90. The van der Waals surface area contributed by atoms with Crippen molar-refractivity contribution < 1.29 is 14.3 Å². The van der Waals surface area contributed by atoms with Crippen LogP contribution in [0.15, 0.2) is 36.5 Å². The number of fused-ring (bicyclic) bond motifs is 3. The fraction of sp³-hybridized carbons (Fsp3) is 0.462. The third-order valence-electron chi connectivity index (χ3n) is 6.41. The monoisotopic (exact) mass is 529 g/mol. The highest BCUT2D eigenvalue weighted by molar-refractivity contribution is 6.30. The first kappa shape index (κ1) is 24.8. The van der Waals surface area contributed by atoms with Gasteiger partial charge in [-0.1, -0.05) is 23.2 Å². The Morgan fingerprint density at radius 2 is 1.75 bits per heavy atom. The molecule has 36 heavy (non-hydrogen) atoms. The first-order valence-corrected chi connectivity index (χ1v) is 12.9. The van der Waals surface area contributed by atoms with E-state index >= 15 is 0 Å². The summed E-state index contributed by atoms with van der Waals surface area (Å²) in [4.78, 5) is 18.9. The predicted octanol–water partition coefficient (Wildman–Crippen LogP) is 6.33. The lowest BCUT2D eigenvalue weighted by molar-refractivity contribution is 0.0214. The fourth-order valence-corrected chi connectivity index (χ4v) is 5.09. The van der Waals surface area contributed by atoms with Crippen LogP contribution in [0.5, 0.6) is 5.88 Å². The van der Waals surface area contributed by atoms with Gasteiger partial charge in [0.15, 0.2) is 5.82 Å². The van der Waals surface area contributed by atoms with Gasteiger partial charge in [-0.3, -0.25) is 9.47 Å². The average molecular weight is 530 g/mol. The number of hydrogen-bond donors (Lipinski definition) is 0. The molecule has 0 atom stereocenters. The molecule has 0 unspecified atom stereocenters. The van der Waals surface area contributed by atoms with Crippen molar-refractivity contribution in [3.63, 3.8) is 0 Å². The molecule has 0 spiro atoms. The first-order valence-electron chi connectivity index (χ1n) is 12.2. The lowest BCUT2D eigenvalue weighted by atomic mass is 9.86. The zero-order chi connectivity index (χ0) is 25.4. The molecule has 1 amide bonds. The normalized spacial score (nSPS) is 19.8. The highest BCUT2D eigenvalue weighted by atomic mass is 35.5. The summed E-state index contributed by atoms with van der Waals surface area (Å²) in [6.07, 6.45) is 4.89. The standard InChI is InChI=1S/C26H29Cl2N5O3/c1-26(2,3)36-25(34)32-14-17-12-18(27)6-10-21(17)33-22(15-32)30-31-24(33)16-4-8-20(9-5-16)35-23-11-7-19(28)13-29-23/h6-7,10-13,16,20H,4-5,8-9,14-15H2,1-3H3. The minimum Gasteiger partial charge on any atom is -0.474 e. The number of aromatic nitrogens is 4. The van der Waals surface area contributed by atoms with E-state index in [0.29, 0.717) is 34.8 Å². The maximum Gasteiger partial charge on any atom is 0.411 e. The molecule has 1 aromatic carbocycles. The van der Waals surface area contributed by atoms with Crippen molar-refractivity contribution in [1.29, 1.82) is 0 Å². The van der Waals surface area contributed by atoms with Crippen molar-refractivity contribution in [2.24, 2.45) is 0 Å². The summed E-state index contributed by atoms with van der Waals surface area (Å²) in [5.41, 5.74) is 1.28. The van der Waals surface area contributed by atoms with E-state index in [9.17, 15) is 4.79 Å². The number of hydrogen-bond acceptors (Lipinski definition) is 6. The lowest BCUT2D eigenvalue weighted by Gasteiger charge is -2.28. The van der Waals surface area contributed by atoms with Gasteiger partial charge < -0.3 is 9.47 Å². The summed E-state index contributed by atoms with van der Waals surface area (Å²) < 4.78 is 13.8. The topological polar surface area (TPSA) is 82.4 Å². The Kier molecular flexibility index (Phi) is 6.83. The molecule has 1 aliphatic carbocycles. The van der Waals surface area contributed by atoms with Gasteiger partial charge in [0, 0.05) is 23.2 Å². The zero-order valence-electron chi connectivity index (χ0n) is 20.6. The van der Waals surface area contributed by atoms with Crippen LogP contribution in [0.4, 0.5) is 4.79 Å². The van der Waals surface area contributed by atoms with Crippen LogP contribution in [-0.4, -0.2) is 42.4 Å². The van der Waals surface area contributed by atoms with E-state index in [2.05, 4.69) is 19.7 Å². The largest absolute Gasteiger partial charge is 0.474 e. The highest BCUT2D eigenvalue weighted by Crippen LogP contribution is 2.37. The smallest absolute Gasteiger partial charge is 0.411 e. The van der Waals surface area contributed by atoms with Crippen molar-refractivity contribution in [2.45, 2.75) is 77.2 Å². The van der Waals surface area contributed by atoms with Crippen LogP contribution in [0.25, 0.3) is 5.69 Å². The minimum absolute atomic E-state index is 0.0928. The molecule has 8 nitrogen and oxygen atoms in total. The number of pyridine rings is 1. The Labute approximate surface area is 220 Å². The summed E-state index contributed by atoms with van der Waals surface area (Å²) in [7, 11) is 0. The van der Waals surface area contributed by atoms with Crippen LogP contribution in [-0.2, 0) is 17.8 Å². The van der Waals surface area contributed by atoms with Gasteiger partial charge in [-0.05, 0) is 76.3 Å². The zero-order valence-corrected chi connectivity index (χ0v) is 22.1. The van der Waals surface area contributed by atoms with E-state index in [-0.39, 0.29) is 18.1 Å². The molecule has 5 rings (SSSR count). The van der Waals surface area contributed by atoms with E-state index in [1.165, 1.54) is 0 Å². The molecule has 10 heteroatoms. The molecular weight excluding hydrogens is 501 g/mol. The Balaban J connectivity index is 1.38. The lowest BCUT2D eigenvalue weighted by Crippen LogP contribution is -2.35. The quantitative estimate of drug-likeness (QED) is 0.394. The number of ether oxygens (including phenoxy) is 2. The van der Waals surface area contributed by atoms with Crippen LogP contribution < -0.4 is 4.74 Å².